The highest BCUT2D eigenvalue weighted by Crippen LogP contribution is 2.36. The lowest BCUT2D eigenvalue weighted by Gasteiger charge is -2.09. The summed E-state index contributed by atoms with van der Waals surface area (Å²) in [6.07, 6.45) is 12.8. The Balaban J connectivity index is 1.34. The molecular formula is C31H17N7O. The van der Waals surface area contributed by atoms with Gasteiger partial charge in [-0.25, -0.2) is 4.98 Å². The molecule has 0 unspecified atom stereocenters. The highest BCUT2D eigenvalue weighted by atomic mass is 16.3. The summed E-state index contributed by atoms with van der Waals surface area (Å²) in [5.74, 6) is 0.792. The Bertz CT molecular complexity index is 2360. The normalized spacial score (nSPS) is 12.1. The largest absolute Gasteiger partial charge is 0.454 e. The molecule has 0 amide bonds. The summed E-state index contributed by atoms with van der Waals surface area (Å²) in [5, 5.41) is 4.17. The van der Waals surface area contributed by atoms with Crippen LogP contribution in [-0.4, -0.2) is 34.1 Å². The molecular weight excluding hydrogens is 486 g/mol. The molecule has 8 heterocycles. The average Bonchev–Trinajstić information content (AvgIpc) is 3.64. The SMILES string of the molecule is c1cnc2c3ccncc3n(-c3ccc4c(c3)c3ccncc3n4-c3ccc4oc5ccncc5c4n3)c2c1. The van der Waals surface area contributed by atoms with Crippen LogP contribution in [0.4, 0.5) is 0 Å². The number of aromatic nitrogens is 7. The minimum atomic E-state index is 0.733. The summed E-state index contributed by atoms with van der Waals surface area (Å²) in [6.45, 7) is 0. The number of benzene rings is 1. The molecule has 8 aromatic heterocycles. The van der Waals surface area contributed by atoms with Crippen LogP contribution in [0, 0.1) is 0 Å². The van der Waals surface area contributed by atoms with Gasteiger partial charge in [-0.05, 0) is 60.7 Å². The fourth-order valence-corrected chi connectivity index (χ4v) is 5.80. The number of pyridine rings is 5. The van der Waals surface area contributed by atoms with E-state index in [0.29, 0.717) is 0 Å². The molecule has 0 spiro atoms. The van der Waals surface area contributed by atoms with Crippen molar-refractivity contribution < 1.29 is 4.42 Å². The molecule has 182 valence electrons. The second kappa shape index (κ2) is 7.45. The lowest BCUT2D eigenvalue weighted by molar-refractivity contribution is 0.667. The Morgan fingerprint density at radius 2 is 1.36 bits per heavy atom. The van der Waals surface area contributed by atoms with Crippen LogP contribution in [-0.2, 0) is 0 Å². The van der Waals surface area contributed by atoms with Crippen molar-refractivity contribution in [3.05, 3.63) is 104 Å². The van der Waals surface area contributed by atoms with Crippen molar-refractivity contribution in [1.29, 1.82) is 0 Å². The summed E-state index contributed by atoms with van der Waals surface area (Å²) in [7, 11) is 0. The zero-order valence-corrected chi connectivity index (χ0v) is 20.4. The third-order valence-electron chi connectivity index (χ3n) is 7.46. The summed E-state index contributed by atoms with van der Waals surface area (Å²) in [4.78, 5) is 22.9. The molecule has 9 rings (SSSR count). The minimum absolute atomic E-state index is 0.733. The average molecular weight is 504 g/mol. The van der Waals surface area contributed by atoms with Gasteiger partial charge in [-0.15, -0.1) is 0 Å². The van der Waals surface area contributed by atoms with E-state index in [-0.39, 0.29) is 0 Å². The van der Waals surface area contributed by atoms with Crippen molar-refractivity contribution >= 4 is 65.8 Å². The van der Waals surface area contributed by atoms with E-state index >= 15 is 0 Å². The maximum absolute atomic E-state index is 5.99. The summed E-state index contributed by atoms with van der Waals surface area (Å²) < 4.78 is 10.4. The summed E-state index contributed by atoms with van der Waals surface area (Å²) >= 11 is 0. The molecule has 0 aliphatic rings. The van der Waals surface area contributed by atoms with Gasteiger partial charge in [0.25, 0.3) is 0 Å². The maximum atomic E-state index is 5.99. The Labute approximate surface area is 219 Å². The standard InChI is InChI=1S/C31H17N7O/c1-2-24-30(35-10-1)20-8-12-34-17-26(20)37(24)18-3-4-23-21(14-18)19-7-11-33-16-25(19)38(23)29-6-5-28-31(36-29)22-15-32-13-9-27(22)39-28/h1-17H. The van der Waals surface area contributed by atoms with Crippen LogP contribution < -0.4 is 0 Å². The molecule has 0 fully saturated rings. The van der Waals surface area contributed by atoms with Crippen LogP contribution >= 0.6 is 0 Å². The van der Waals surface area contributed by atoms with E-state index in [1.165, 1.54) is 0 Å². The smallest absolute Gasteiger partial charge is 0.154 e. The number of furan rings is 1. The molecule has 8 nitrogen and oxygen atoms in total. The van der Waals surface area contributed by atoms with Crippen molar-refractivity contribution in [1.82, 2.24) is 34.1 Å². The third kappa shape index (κ3) is 2.74. The predicted octanol–water partition coefficient (Wildman–Crippen LogP) is 6.76. The van der Waals surface area contributed by atoms with Crippen LogP contribution in [0.25, 0.3) is 77.3 Å². The monoisotopic (exact) mass is 503 g/mol. The van der Waals surface area contributed by atoms with E-state index in [9.17, 15) is 0 Å². The Morgan fingerprint density at radius 1 is 0.538 bits per heavy atom. The first-order valence-corrected chi connectivity index (χ1v) is 12.6. The number of fused-ring (bicyclic) bond motifs is 9. The quantitative estimate of drug-likeness (QED) is 0.259. The van der Waals surface area contributed by atoms with E-state index in [1.54, 1.807) is 12.4 Å². The van der Waals surface area contributed by atoms with Gasteiger partial charge in [-0.1, -0.05) is 0 Å². The van der Waals surface area contributed by atoms with Gasteiger partial charge >= 0.3 is 0 Å². The molecule has 0 bridgehead atoms. The predicted molar refractivity (Wildman–Crippen MR) is 151 cm³/mol. The number of hydrogen-bond acceptors (Lipinski definition) is 6. The first-order chi connectivity index (χ1) is 19.3. The van der Waals surface area contributed by atoms with E-state index in [4.69, 9.17) is 9.40 Å². The summed E-state index contributed by atoms with van der Waals surface area (Å²) in [5.41, 5.74) is 8.36. The Hall–Kier alpha value is -5.63. The van der Waals surface area contributed by atoms with E-state index < -0.39 is 0 Å². The van der Waals surface area contributed by atoms with Gasteiger partial charge in [-0.3, -0.25) is 24.5 Å². The number of hydrogen-bond donors (Lipinski definition) is 0. The molecule has 0 radical (unpaired) electrons. The van der Waals surface area contributed by atoms with Crippen molar-refractivity contribution in [3.63, 3.8) is 0 Å². The lowest BCUT2D eigenvalue weighted by atomic mass is 10.1. The van der Waals surface area contributed by atoms with Crippen LogP contribution in [0.3, 0.4) is 0 Å². The molecule has 0 aliphatic carbocycles. The van der Waals surface area contributed by atoms with Crippen LogP contribution in [0.5, 0.6) is 0 Å². The van der Waals surface area contributed by atoms with E-state index in [2.05, 4.69) is 59.4 Å². The van der Waals surface area contributed by atoms with Gasteiger partial charge < -0.3 is 8.98 Å². The van der Waals surface area contributed by atoms with Crippen LogP contribution in [0.1, 0.15) is 0 Å². The molecule has 0 N–H and O–H groups in total. The van der Waals surface area contributed by atoms with Crippen LogP contribution in [0.2, 0.25) is 0 Å². The van der Waals surface area contributed by atoms with Gasteiger partial charge in [0.2, 0.25) is 0 Å². The zero-order chi connectivity index (χ0) is 25.5. The van der Waals surface area contributed by atoms with Crippen LogP contribution in [0.15, 0.2) is 108 Å². The van der Waals surface area contributed by atoms with E-state index in [1.807, 2.05) is 61.3 Å². The fourth-order valence-electron chi connectivity index (χ4n) is 5.80. The molecule has 0 saturated heterocycles. The summed E-state index contributed by atoms with van der Waals surface area (Å²) in [6, 6.07) is 20.5. The number of rotatable bonds is 2. The highest BCUT2D eigenvalue weighted by Gasteiger charge is 2.18. The molecule has 9 aromatic rings. The molecule has 39 heavy (non-hydrogen) atoms. The first-order valence-electron chi connectivity index (χ1n) is 12.6. The Kier molecular flexibility index (Phi) is 3.90. The van der Waals surface area contributed by atoms with Gasteiger partial charge in [-0.2, -0.15) is 0 Å². The topological polar surface area (TPSA) is 87.5 Å². The second-order valence-electron chi connectivity index (χ2n) is 9.52. The first kappa shape index (κ1) is 20.4. The molecule has 0 aliphatic heterocycles. The van der Waals surface area contributed by atoms with Gasteiger partial charge in [0.15, 0.2) is 5.58 Å². The third-order valence-corrected chi connectivity index (χ3v) is 7.46. The minimum Gasteiger partial charge on any atom is -0.454 e. The molecule has 8 heteroatoms. The fraction of sp³-hybridized carbons (Fsp3) is 0. The number of nitrogens with zero attached hydrogens (tertiary/aromatic N) is 7. The van der Waals surface area contributed by atoms with Crippen molar-refractivity contribution in [2.45, 2.75) is 0 Å². The lowest BCUT2D eigenvalue weighted by Crippen LogP contribution is -1.98. The molecule has 0 saturated carbocycles. The van der Waals surface area contributed by atoms with E-state index in [0.717, 1.165) is 77.3 Å². The molecule has 1 aromatic carbocycles. The second-order valence-corrected chi connectivity index (χ2v) is 9.52. The van der Waals surface area contributed by atoms with Gasteiger partial charge in [0.05, 0.1) is 45.4 Å². The van der Waals surface area contributed by atoms with Crippen molar-refractivity contribution in [2.75, 3.05) is 0 Å². The highest BCUT2D eigenvalue weighted by molar-refractivity contribution is 6.11. The Morgan fingerprint density at radius 3 is 2.28 bits per heavy atom. The van der Waals surface area contributed by atoms with Gasteiger partial charge in [0, 0.05) is 52.8 Å². The van der Waals surface area contributed by atoms with Crippen molar-refractivity contribution in [2.24, 2.45) is 0 Å². The zero-order valence-electron chi connectivity index (χ0n) is 20.4. The van der Waals surface area contributed by atoms with Gasteiger partial charge in [0.1, 0.15) is 16.9 Å². The molecule has 0 atom stereocenters. The maximum Gasteiger partial charge on any atom is 0.154 e. The van der Waals surface area contributed by atoms with Crippen molar-refractivity contribution in [3.8, 4) is 11.5 Å².